The van der Waals surface area contributed by atoms with Crippen molar-refractivity contribution in [1.29, 1.82) is 0 Å². The molecule has 0 aliphatic rings. The minimum Gasteiger partial charge on any atom is -0.492 e. The number of ether oxygens (including phenoxy) is 1. The molecule has 0 aliphatic carbocycles. The Morgan fingerprint density at radius 2 is 2.06 bits per heavy atom. The predicted octanol–water partition coefficient (Wildman–Crippen LogP) is 3.67. The third-order valence-corrected chi connectivity index (χ3v) is 4.13. The zero-order valence-corrected chi connectivity index (χ0v) is 11.6. The molecular formula is C13H13BrO2S. The van der Waals surface area contributed by atoms with Gasteiger partial charge in [0.1, 0.15) is 5.75 Å². The highest BCUT2D eigenvalue weighted by Gasteiger charge is 2.13. The maximum absolute atomic E-state index is 9.36. The number of hydrogen-bond donors (Lipinski definition) is 1. The molecule has 0 saturated carbocycles. The van der Waals surface area contributed by atoms with Gasteiger partial charge in [-0.25, -0.2) is 0 Å². The average molecular weight is 313 g/mol. The molecule has 17 heavy (non-hydrogen) atoms. The van der Waals surface area contributed by atoms with E-state index < -0.39 is 0 Å². The van der Waals surface area contributed by atoms with E-state index in [-0.39, 0.29) is 12.5 Å². The minimum absolute atomic E-state index is 0.0436. The van der Waals surface area contributed by atoms with Crippen molar-refractivity contribution in [2.75, 3.05) is 13.2 Å². The first kappa shape index (κ1) is 12.6. The van der Waals surface area contributed by atoms with Crippen molar-refractivity contribution >= 4 is 27.3 Å². The number of thiophene rings is 1. The molecule has 0 aliphatic heterocycles. The third-order valence-electron chi connectivity index (χ3n) is 2.44. The molecule has 2 nitrogen and oxygen atoms in total. The van der Waals surface area contributed by atoms with Gasteiger partial charge in [0.25, 0.3) is 0 Å². The first-order valence-corrected chi connectivity index (χ1v) is 7.00. The normalized spacial score (nSPS) is 12.4. The molecule has 1 unspecified atom stereocenters. The van der Waals surface area contributed by atoms with Crippen LogP contribution in [0.2, 0.25) is 0 Å². The fourth-order valence-electron chi connectivity index (χ4n) is 1.50. The van der Waals surface area contributed by atoms with E-state index in [0.717, 1.165) is 15.1 Å². The van der Waals surface area contributed by atoms with Gasteiger partial charge < -0.3 is 9.84 Å². The van der Waals surface area contributed by atoms with Gasteiger partial charge in [-0.15, -0.1) is 11.3 Å². The minimum atomic E-state index is 0.0436. The van der Waals surface area contributed by atoms with Crippen molar-refractivity contribution in [3.8, 4) is 5.75 Å². The summed E-state index contributed by atoms with van der Waals surface area (Å²) in [4.78, 5) is 1.15. The van der Waals surface area contributed by atoms with Gasteiger partial charge in [0.15, 0.2) is 0 Å². The van der Waals surface area contributed by atoms with E-state index in [9.17, 15) is 5.11 Å². The Morgan fingerprint density at radius 3 is 2.71 bits per heavy atom. The van der Waals surface area contributed by atoms with Crippen molar-refractivity contribution in [3.05, 3.63) is 51.1 Å². The Hall–Kier alpha value is -0.840. The van der Waals surface area contributed by atoms with E-state index >= 15 is 0 Å². The lowest BCUT2D eigenvalue weighted by Crippen LogP contribution is -2.13. The lowest BCUT2D eigenvalue weighted by molar-refractivity contribution is 0.206. The van der Waals surface area contributed by atoms with Gasteiger partial charge in [-0.1, -0.05) is 18.2 Å². The van der Waals surface area contributed by atoms with Crippen molar-refractivity contribution in [2.45, 2.75) is 5.92 Å². The number of benzene rings is 1. The summed E-state index contributed by atoms with van der Waals surface area (Å²) < 4.78 is 6.65. The van der Waals surface area contributed by atoms with Gasteiger partial charge in [0, 0.05) is 4.88 Å². The fourth-order valence-corrected chi connectivity index (χ4v) is 2.71. The summed E-state index contributed by atoms with van der Waals surface area (Å²) >= 11 is 5.08. The summed E-state index contributed by atoms with van der Waals surface area (Å²) in [6.45, 7) is 0.588. The average Bonchev–Trinajstić information content (AvgIpc) is 2.86. The van der Waals surface area contributed by atoms with Gasteiger partial charge in [-0.05, 0) is 39.5 Å². The Kier molecular flexibility index (Phi) is 4.59. The van der Waals surface area contributed by atoms with E-state index in [0.29, 0.717) is 6.61 Å². The Labute approximate surface area is 113 Å². The van der Waals surface area contributed by atoms with Crippen LogP contribution in [0.5, 0.6) is 5.75 Å². The second-order valence-electron chi connectivity index (χ2n) is 3.64. The largest absolute Gasteiger partial charge is 0.492 e. The van der Waals surface area contributed by atoms with E-state index in [1.165, 1.54) is 0 Å². The summed E-state index contributed by atoms with van der Waals surface area (Å²) in [5.74, 6) is 0.851. The van der Waals surface area contributed by atoms with Crippen LogP contribution in [0.15, 0.2) is 46.3 Å². The number of halogens is 1. The fraction of sp³-hybridized carbons (Fsp3) is 0.231. The molecule has 90 valence electrons. The maximum Gasteiger partial charge on any atom is 0.133 e. The molecule has 0 radical (unpaired) electrons. The summed E-state index contributed by atoms with van der Waals surface area (Å²) in [7, 11) is 0. The molecule has 0 spiro atoms. The molecule has 2 rings (SSSR count). The van der Waals surface area contributed by atoms with Crippen LogP contribution >= 0.6 is 27.3 Å². The molecule has 0 fully saturated rings. The second-order valence-corrected chi connectivity index (χ2v) is 5.47. The van der Waals surface area contributed by atoms with Crippen LogP contribution < -0.4 is 4.74 Å². The summed E-state index contributed by atoms with van der Waals surface area (Å²) in [5, 5.41) is 11.4. The summed E-state index contributed by atoms with van der Waals surface area (Å²) in [6, 6.07) is 11.7. The van der Waals surface area contributed by atoms with Gasteiger partial charge in [0.2, 0.25) is 0 Å². The number of rotatable bonds is 5. The molecule has 1 aromatic carbocycles. The molecule has 0 amide bonds. The summed E-state index contributed by atoms with van der Waals surface area (Å²) in [5.41, 5.74) is 0. The van der Waals surface area contributed by atoms with Crippen molar-refractivity contribution in [2.24, 2.45) is 0 Å². The Bertz CT molecular complexity index is 456. The van der Waals surface area contributed by atoms with E-state index in [4.69, 9.17) is 4.74 Å². The van der Waals surface area contributed by atoms with E-state index in [2.05, 4.69) is 15.9 Å². The van der Waals surface area contributed by atoms with E-state index in [1.54, 1.807) is 11.3 Å². The molecule has 1 N–H and O–H groups in total. The van der Waals surface area contributed by atoms with E-state index in [1.807, 2.05) is 41.8 Å². The number of hydrogen-bond acceptors (Lipinski definition) is 3. The van der Waals surface area contributed by atoms with Gasteiger partial charge in [-0.3, -0.25) is 0 Å². The molecule has 2 aromatic rings. The number of aliphatic hydroxyl groups excluding tert-OH is 1. The van der Waals surface area contributed by atoms with Crippen molar-refractivity contribution < 1.29 is 9.84 Å². The topological polar surface area (TPSA) is 29.5 Å². The zero-order valence-electron chi connectivity index (χ0n) is 9.17. The molecule has 0 saturated heterocycles. The standard InChI is InChI=1S/C13H13BrO2S/c14-11-4-1-2-5-12(11)16-9-10(8-15)13-6-3-7-17-13/h1-7,10,15H,8-9H2. The van der Waals surface area contributed by atoms with Crippen molar-refractivity contribution in [1.82, 2.24) is 0 Å². The third kappa shape index (κ3) is 3.31. The van der Waals surface area contributed by atoms with Crippen molar-refractivity contribution in [3.63, 3.8) is 0 Å². The molecule has 1 heterocycles. The van der Waals surface area contributed by atoms with Crippen LogP contribution in [0, 0.1) is 0 Å². The number of para-hydroxylation sites is 1. The monoisotopic (exact) mass is 312 g/mol. The second kappa shape index (κ2) is 6.19. The van der Waals surface area contributed by atoms with Crippen LogP contribution in [0.4, 0.5) is 0 Å². The predicted molar refractivity (Wildman–Crippen MR) is 73.8 cm³/mol. The maximum atomic E-state index is 9.36. The molecular weight excluding hydrogens is 300 g/mol. The highest BCUT2D eigenvalue weighted by atomic mass is 79.9. The molecule has 1 atom stereocenters. The molecule has 1 aromatic heterocycles. The SMILES string of the molecule is OCC(COc1ccccc1Br)c1cccs1. The molecule has 0 bridgehead atoms. The molecule has 4 heteroatoms. The zero-order chi connectivity index (χ0) is 12.1. The lowest BCUT2D eigenvalue weighted by atomic mass is 10.1. The first-order valence-electron chi connectivity index (χ1n) is 5.33. The quantitative estimate of drug-likeness (QED) is 0.913. The smallest absolute Gasteiger partial charge is 0.133 e. The van der Waals surface area contributed by atoms with Crippen LogP contribution in [0.25, 0.3) is 0 Å². The Balaban J connectivity index is 2.00. The van der Waals surface area contributed by atoms with Crippen LogP contribution in [-0.4, -0.2) is 18.3 Å². The van der Waals surface area contributed by atoms with Gasteiger partial charge in [-0.2, -0.15) is 0 Å². The lowest BCUT2D eigenvalue weighted by Gasteiger charge is -2.14. The van der Waals surface area contributed by atoms with Crippen LogP contribution in [0.1, 0.15) is 10.8 Å². The van der Waals surface area contributed by atoms with Gasteiger partial charge in [0.05, 0.1) is 23.6 Å². The Morgan fingerprint density at radius 1 is 1.24 bits per heavy atom. The summed E-state index contributed by atoms with van der Waals surface area (Å²) in [6.07, 6.45) is 0. The highest BCUT2D eigenvalue weighted by molar-refractivity contribution is 9.10. The number of aliphatic hydroxyl groups is 1. The highest BCUT2D eigenvalue weighted by Crippen LogP contribution is 2.26. The van der Waals surface area contributed by atoms with Gasteiger partial charge >= 0.3 is 0 Å². The van der Waals surface area contributed by atoms with Crippen LogP contribution in [0.3, 0.4) is 0 Å². The van der Waals surface area contributed by atoms with Crippen LogP contribution in [-0.2, 0) is 0 Å². The first-order chi connectivity index (χ1) is 8.31.